The average molecular weight is 652 g/mol. The van der Waals surface area contributed by atoms with Crippen LogP contribution in [0.25, 0.3) is 0 Å². The van der Waals surface area contributed by atoms with E-state index in [0.29, 0.717) is 5.92 Å². The van der Waals surface area contributed by atoms with Crippen LogP contribution in [-0.2, 0) is 21.3 Å². The van der Waals surface area contributed by atoms with Crippen molar-refractivity contribution in [1.82, 2.24) is 19.9 Å². The average Bonchev–Trinajstić information content (AvgIpc) is 3.28. The van der Waals surface area contributed by atoms with Crippen molar-refractivity contribution in [3.8, 4) is 5.75 Å². The van der Waals surface area contributed by atoms with Gasteiger partial charge in [0.2, 0.25) is 11.3 Å². The molecule has 15 nitrogen and oxygen atoms in total. The molecule has 1 aromatic heterocycles. The molecule has 3 heterocycles. The Kier molecular flexibility index (Phi) is 6.40. The summed E-state index contributed by atoms with van der Waals surface area (Å²) in [5.41, 5.74) is -2.56. The predicted octanol–water partition coefficient (Wildman–Crippen LogP) is 2.44. The highest BCUT2D eigenvalue weighted by atomic mass is 32.2. The van der Waals surface area contributed by atoms with Crippen molar-refractivity contribution in [3.05, 3.63) is 86.1 Å². The Hall–Kier alpha value is -4.80. The molecule has 3 aromatic rings. The van der Waals surface area contributed by atoms with Gasteiger partial charge in [-0.05, 0) is 54.9 Å². The number of benzene rings is 2. The molecule has 2 aliphatic carbocycles. The van der Waals surface area contributed by atoms with Gasteiger partial charge in [-0.15, -0.1) is 0 Å². The number of fused-ring (bicyclic) bond motifs is 5. The number of aliphatic hydroxyl groups is 1. The topological polar surface area (TPSA) is 221 Å². The number of amides is 2. The van der Waals surface area contributed by atoms with Gasteiger partial charge in [0.05, 0.1) is 4.92 Å². The van der Waals surface area contributed by atoms with Crippen LogP contribution in [0.15, 0.2) is 47.5 Å². The number of carboxylic acid groups (broad SMARTS) is 1. The number of ketones is 1. The van der Waals surface area contributed by atoms with Crippen LogP contribution in [0.1, 0.15) is 68.8 Å². The molecular weight excluding hydrogens is 622 g/mol. The minimum absolute atomic E-state index is 0.0459. The molecule has 2 aliphatic heterocycles. The van der Waals surface area contributed by atoms with Crippen molar-refractivity contribution in [1.29, 1.82) is 0 Å². The van der Waals surface area contributed by atoms with E-state index in [2.05, 4.69) is 22.5 Å². The van der Waals surface area contributed by atoms with E-state index >= 15 is 0 Å². The largest absolute Gasteiger partial charge is 0.465 e. The van der Waals surface area contributed by atoms with Crippen LogP contribution in [0.4, 0.5) is 10.5 Å². The van der Waals surface area contributed by atoms with Crippen molar-refractivity contribution in [2.45, 2.75) is 55.0 Å². The van der Waals surface area contributed by atoms with Gasteiger partial charge in [0.25, 0.3) is 27.4 Å². The van der Waals surface area contributed by atoms with Gasteiger partial charge in [0, 0.05) is 36.3 Å². The molecule has 46 heavy (non-hydrogen) atoms. The van der Waals surface area contributed by atoms with E-state index in [4.69, 9.17) is 9.84 Å². The summed E-state index contributed by atoms with van der Waals surface area (Å²) in [6.07, 6.45) is -0.0816. The van der Waals surface area contributed by atoms with Crippen molar-refractivity contribution in [2.75, 3.05) is 13.1 Å². The second-order valence-electron chi connectivity index (χ2n) is 12.3. The first-order valence-electron chi connectivity index (χ1n) is 14.6. The molecule has 240 valence electrons. The third-order valence-corrected chi connectivity index (χ3v) is 11.3. The molecule has 2 amide bonds. The first-order valence-corrected chi connectivity index (χ1v) is 16.0. The SMILES string of the molecule is Cc1cc(S(=O)(=O)N2CC[C@H](NC(=O)O)C2)[nH]c1C(=O)NC12C(=O)c3cccc([N+](=O)[O-])c3C1(O)Oc1cc(C3CC3C)ccc12. The molecular formula is C30H29N5O10S. The number of nitrogens with zero attached hydrogens (tertiary/aromatic N) is 2. The first kappa shape index (κ1) is 29.9. The van der Waals surface area contributed by atoms with Gasteiger partial charge in [-0.1, -0.05) is 31.2 Å². The van der Waals surface area contributed by atoms with Crippen molar-refractivity contribution in [2.24, 2.45) is 5.92 Å². The smallest absolute Gasteiger partial charge is 0.404 e. The van der Waals surface area contributed by atoms with Crippen LogP contribution in [0.3, 0.4) is 0 Å². The number of nitrogens with one attached hydrogen (secondary N) is 3. The number of ether oxygens (including phenoxy) is 1. The Balaban J connectivity index is 1.29. The van der Waals surface area contributed by atoms with E-state index in [1.54, 1.807) is 18.2 Å². The standard InChI is InChI=1S/C30H29N5O10S/c1-14-10-19(14)16-6-7-20-22(12-16)45-30(40)24-18(4-3-5-21(24)35(41)42)26(36)29(20,30)33-27(37)25-15(2)11-23(32-25)46(43,44)34-9-8-17(13-34)31-28(38)39/h3-7,11-12,14,17,19,31-32,40H,8-10,13H2,1-2H3,(H,33,37)(H,38,39)/t14?,17-,19?,29?,30?/m0/s1. The number of rotatable bonds is 7. The summed E-state index contributed by atoms with van der Waals surface area (Å²) >= 11 is 0. The first-order chi connectivity index (χ1) is 21.7. The lowest BCUT2D eigenvalue weighted by molar-refractivity contribution is -0.388. The lowest BCUT2D eigenvalue weighted by Gasteiger charge is -2.34. The van der Waals surface area contributed by atoms with Gasteiger partial charge >= 0.3 is 6.09 Å². The number of aromatic amines is 1. The number of nitro groups is 1. The summed E-state index contributed by atoms with van der Waals surface area (Å²) in [5.74, 6) is -3.77. The fraction of sp³-hybridized carbons (Fsp3) is 0.367. The number of nitro benzene ring substituents is 1. The molecule has 4 unspecified atom stereocenters. The van der Waals surface area contributed by atoms with Crippen LogP contribution >= 0.6 is 0 Å². The molecule has 0 radical (unpaired) electrons. The second kappa shape index (κ2) is 9.85. The van der Waals surface area contributed by atoms with Gasteiger partial charge in [-0.25, -0.2) is 13.2 Å². The molecule has 16 heteroatoms. The number of H-pyrrole nitrogens is 1. The zero-order valence-electron chi connectivity index (χ0n) is 24.6. The third kappa shape index (κ3) is 4.09. The maximum atomic E-state index is 14.3. The highest BCUT2D eigenvalue weighted by Gasteiger charge is 2.73. The van der Waals surface area contributed by atoms with E-state index in [1.165, 1.54) is 25.1 Å². The number of aryl methyl sites for hydroxylation is 1. The summed E-state index contributed by atoms with van der Waals surface area (Å²) in [4.78, 5) is 53.3. The fourth-order valence-electron chi connectivity index (χ4n) is 7.04. The van der Waals surface area contributed by atoms with Crippen LogP contribution in [0.5, 0.6) is 5.75 Å². The van der Waals surface area contributed by atoms with Crippen LogP contribution < -0.4 is 15.4 Å². The van der Waals surface area contributed by atoms with Crippen LogP contribution in [-0.4, -0.2) is 69.8 Å². The third-order valence-electron chi connectivity index (χ3n) is 9.49. The molecule has 5 N–H and O–H groups in total. The van der Waals surface area contributed by atoms with Crippen molar-refractivity contribution in [3.63, 3.8) is 0 Å². The number of carbonyl (C=O) groups is 3. The number of carbonyl (C=O) groups excluding carboxylic acids is 2. The Morgan fingerprint density at radius 2 is 1.96 bits per heavy atom. The van der Waals surface area contributed by atoms with E-state index in [9.17, 15) is 38.0 Å². The minimum Gasteiger partial charge on any atom is -0.465 e. The molecule has 0 spiro atoms. The number of hydrogen-bond acceptors (Lipinski definition) is 9. The number of aromatic nitrogens is 1. The zero-order chi connectivity index (χ0) is 32.9. The second-order valence-corrected chi connectivity index (χ2v) is 14.2. The molecule has 1 saturated heterocycles. The Morgan fingerprint density at radius 3 is 2.63 bits per heavy atom. The fourth-order valence-corrected chi connectivity index (χ4v) is 8.60. The van der Waals surface area contributed by atoms with E-state index in [-0.39, 0.29) is 58.6 Å². The maximum absolute atomic E-state index is 14.3. The van der Waals surface area contributed by atoms with Gasteiger partial charge in [0.1, 0.15) is 22.0 Å². The van der Waals surface area contributed by atoms with Crippen LogP contribution in [0.2, 0.25) is 0 Å². The molecule has 4 aliphatic rings. The van der Waals surface area contributed by atoms with E-state index in [1.807, 2.05) is 0 Å². The van der Waals surface area contributed by atoms with Gasteiger partial charge < -0.3 is 30.6 Å². The highest BCUT2D eigenvalue weighted by Crippen LogP contribution is 2.61. The predicted molar refractivity (Wildman–Crippen MR) is 158 cm³/mol. The van der Waals surface area contributed by atoms with Crippen LogP contribution in [0, 0.1) is 23.0 Å². The monoisotopic (exact) mass is 651 g/mol. The zero-order valence-corrected chi connectivity index (χ0v) is 25.4. The number of hydrogen-bond donors (Lipinski definition) is 5. The molecule has 1 saturated carbocycles. The minimum atomic E-state index is -4.18. The van der Waals surface area contributed by atoms with Gasteiger partial charge in [-0.2, -0.15) is 4.31 Å². The quantitative estimate of drug-likeness (QED) is 0.185. The summed E-state index contributed by atoms with van der Waals surface area (Å²) in [6.45, 7) is 3.50. The lowest BCUT2D eigenvalue weighted by atomic mass is 9.82. The van der Waals surface area contributed by atoms with Crippen molar-refractivity contribution < 1.29 is 42.7 Å². The Bertz CT molecular complexity index is 1990. The number of Topliss-reactive ketones (excluding diaryl/α,β-unsaturated/α-hetero) is 1. The molecule has 5 atom stereocenters. The Morgan fingerprint density at radius 1 is 1.22 bits per heavy atom. The number of sulfonamides is 1. The summed E-state index contributed by atoms with van der Waals surface area (Å²) in [6, 6.07) is 9.39. The molecule has 7 rings (SSSR count). The maximum Gasteiger partial charge on any atom is 0.404 e. The molecule has 2 aromatic carbocycles. The van der Waals surface area contributed by atoms with E-state index < -0.39 is 61.3 Å². The van der Waals surface area contributed by atoms with Gasteiger partial charge in [0.15, 0.2) is 0 Å². The lowest BCUT2D eigenvalue weighted by Crippen LogP contribution is -2.60. The molecule has 2 fully saturated rings. The normalized spacial score (nSPS) is 27.8. The summed E-state index contributed by atoms with van der Waals surface area (Å²) in [7, 11) is -4.18. The van der Waals surface area contributed by atoms with Gasteiger partial charge in [-0.3, -0.25) is 19.7 Å². The Labute approximate surface area is 261 Å². The molecule has 0 bridgehead atoms. The highest BCUT2D eigenvalue weighted by molar-refractivity contribution is 7.89. The summed E-state index contributed by atoms with van der Waals surface area (Å²) < 4.78 is 34.0. The summed E-state index contributed by atoms with van der Waals surface area (Å²) in [5, 5.41) is 37.9. The van der Waals surface area contributed by atoms with E-state index in [0.717, 1.165) is 22.4 Å². The van der Waals surface area contributed by atoms with Crippen molar-refractivity contribution >= 4 is 33.5 Å².